The molecule has 126 valence electrons. The minimum atomic E-state index is 0.753. The Bertz CT molecular complexity index is 962. The van der Waals surface area contributed by atoms with Gasteiger partial charge in [0, 0.05) is 28.1 Å². The normalized spacial score (nSPS) is 10.9. The van der Waals surface area contributed by atoms with Crippen molar-refractivity contribution in [2.45, 2.75) is 10.9 Å². The molecule has 0 atom stereocenters. The molecule has 4 rings (SSSR count). The Labute approximate surface area is 157 Å². The van der Waals surface area contributed by atoms with Crippen LogP contribution in [0.15, 0.2) is 58.0 Å². The number of hydrogen-bond donors (Lipinski definition) is 0. The molecule has 0 bridgehead atoms. The highest BCUT2D eigenvalue weighted by atomic mass is 32.2. The highest BCUT2D eigenvalue weighted by molar-refractivity contribution is 7.98. The fourth-order valence-corrected chi connectivity index (χ4v) is 4.75. The van der Waals surface area contributed by atoms with Gasteiger partial charge in [-0.1, -0.05) is 17.8 Å². The van der Waals surface area contributed by atoms with Crippen molar-refractivity contribution in [3.8, 4) is 22.0 Å². The van der Waals surface area contributed by atoms with Crippen LogP contribution in [0, 0.1) is 0 Å². The van der Waals surface area contributed by atoms with E-state index in [0.29, 0.717) is 0 Å². The van der Waals surface area contributed by atoms with Crippen molar-refractivity contribution < 1.29 is 4.74 Å². The van der Waals surface area contributed by atoms with Gasteiger partial charge in [-0.15, -0.1) is 21.5 Å². The third kappa shape index (κ3) is 3.60. The van der Waals surface area contributed by atoms with E-state index in [0.717, 1.165) is 33.0 Å². The van der Waals surface area contributed by atoms with Gasteiger partial charge in [-0.2, -0.15) is 11.3 Å². The van der Waals surface area contributed by atoms with Gasteiger partial charge in [-0.25, -0.2) is 4.98 Å². The molecule has 0 spiro atoms. The molecule has 3 heterocycles. The molecule has 3 aromatic heterocycles. The van der Waals surface area contributed by atoms with Crippen LogP contribution >= 0.6 is 34.4 Å². The van der Waals surface area contributed by atoms with Gasteiger partial charge < -0.3 is 4.74 Å². The van der Waals surface area contributed by atoms with Crippen LogP contribution in [0.2, 0.25) is 0 Å². The van der Waals surface area contributed by atoms with Crippen molar-refractivity contribution in [2.24, 2.45) is 0 Å². The van der Waals surface area contributed by atoms with Crippen molar-refractivity contribution in [2.75, 3.05) is 7.11 Å². The number of nitrogens with zero attached hydrogens (tertiary/aromatic N) is 4. The number of aromatic nitrogens is 4. The van der Waals surface area contributed by atoms with E-state index in [-0.39, 0.29) is 0 Å². The van der Waals surface area contributed by atoms with Crippen molar-refractivity contribution in [1.29, 1.82) is 0 Å². The summed E-state index contributed by atoms with van der Waals surface area (Å²) in [7, 11) is 1.66. The summed E-state index contributed by atoms with van der Waals surface area (Å²) >= 11 is 4.98. The molecule has 0 fully saturated rings. The Hall–Kier alpha value is -2.16. The molecule has 0 aliphatic heterocycles. The van der Waals surface area contributed by atoms with E-state index in [1.165, 1.54) is 5.56 Å². The minimum absolute atomic E-state index is 0.753. The molecule has 0 aliphatic rings. The largest absolute Gasteiger partial charge is 0.497 e. The van der Waals surface area contributed by atoms with Gasteiger partial charge >= 0.3 is 0 Å². The van der Waals surface area contributed by atoms with Crippen molar-refractivity contribution in [3.63, 3.8) is 0 Å². The summed E-state index contributed by atoms with van der Waals surface area (Å²) in [6, 6.07) is 9.94. The van der Waals surface area contributed by atoms with Gasteiger partial charge in [0.1, 0.15) is 17.1 Å². The maximum absolute atomic E-state index is 5.29. The SMILES string of the molecule is COc1cccc(-n2cnnc2SCc2csc(-c3ccsc3)n2)c1. The minimum Gasteiger partial charge on any atom is -0.497 e. The predicted molar refractivity (Wildman–Crippen MR) is 103 cm³/mol. The average Bonchev–Trinajstić information content (AvgIpc) is 3.40. The van der Waals surface area contributed by atoms with Crippen LogP contribution in [0.3, 0.4) is 0 Å². The van der Waals surface area contributed by atoms with E-state index < -0.39 is 0 Å². The number of benzene rings is 1. The molecule has 25 heavy (non-hydrogen) atoms. The maximum Gasteiger partial charge on any atom is 0.195 e. The molecule has 0 saturated heterocycles. The highest BCUT2D eigenvalue weighted by Crippen LogP contribution is 2.29. The Kier molecular flexibility index (Phi) is 4.82. The van der Waals surface area contributed by atoms with E-state index in [9.17, 15) is 0 Å². The summed E-state index contributed by atoms with van der Waals surface area (Å²) in [5.41, 5.74) is 3.21. The van der Waals surface area contributed by atoms with E-state index >= 15 is 0 Å². The van der Waals surface area contributed by atoms with Gasteiger partial charge in [0.2, 0.25) is 0 Å². The Balaban J connectivity index is 1.50. The molecular weight excluding hydrogens is 372 g/mol. The lowest BCUT2D eigenvalue weighted by atomic mass is 10.3. The van der Waals surface area contributed by atoms with Crippen LogP contribution < -0.4 is 4.74 Å². The monoisotopic (exact) mass is 386 g/mol. The number of thiazole rings is 1. The molecule has 0 radical (unpaired) electrons. The lowest BCUT2D eigenvalue weighted by molar-refractivity contribution is 0.414. The zero-order valence-corrected chi connectivity index (χ0v) is 15.8. The van der Waals surface area contributed by atoms with Crippen molar-refractivity contribution in [3.05, 3.63) is 58.5 Å². The molecule has 0 amide bonds. The molecule has 0 unspecified atom stereocenters. The van der Waals surface area contributed by atoms with Crippen molar-refractivity contribution >= 4 is 34.4 Å². The number of thiophene rings is 1. The molecule has 0 aliphatic carbocycles. The number of rotatable bonds is 6. The van der Waals surface area contributed by atoms with Gasteiger partial charge in [0.25, 0.3) is 0 Å². The lowest BCUT2D eigenvalue weighted by Gasteiger charge is -2.07. The first-order valence-electron chi connectivity index (χ1n) is 7.48. The van der Waals surface area contributed by atoms with Crippen LogP contribution in [-0.4, -0.2) is 26.9 Å². The fourth-order valence-electron chi connectivity index (χ4n) is 2.29. The first kappa shape index (κ1) is 16.3. The molecule has 4 aromatic rings. The van der Waals surface area contributed by atoms with E-state index in [1.807, 2.05) is 28.8 Å². The molecule has 8 heteroatoms. The smallest absolute Gasteiger partial charge is 0.195 e. The zero-order valence-electron chi connectivity index (χ0n) is 13.3. The first-order valence-corrected chi connectivity index (χ1v) is 10.3. The van der Waals surface area contributed by atoms with E-state index in [4.69, 9.17) is 9.72 Å². The lowest BCUT2D eigenvalue weighted by Crippen LogP contribution is -1.96. The molecular formula is C17H14N4OS3. The Morgan fingerprint density at radius 2 is 2.20 bits per heavy atom. The second-order valence-corrected chi connectivity index (χ2v) is 7.71. The second-order valence-electron chi connectivity index (χ2n) is 5.13. The summed E-state index contributed by atoms with van der Waals surface area (Å²) in [5, 5.41) is 16.5. The molecule has 5 nitrogen and oxygen atoms in total. The van der Waals surface area contributed by atoms with Crippen LogP contribution in [0.5, 0.6) is 5.75 Å². The summed E-state index contributed by atoms with van der Waals surface area (Å²) in [5.74, 6) is 1.56. The molecule has 0 saturated carbocycles. The second kappa shape index (κ2) is 7.38. The summed E-state index contributed by atoms with van der Waals surface area (Å²) in [6.07, 6.45) is 1.72. The van der Waals surface area contributed by atoms with Crippen LogP contribution in [-0.2, 0) is 5.75 Å². The van der Waals surface area contributed by atoms with Crippen LogP contribution in [0.4, 0.5) is 0 Å². The van der Waals surface area contributed by atoms with Gasteiger partial charge in [-0.05, 0) is 23.6 Å². The Morgan fingerprint density at radius 3 is 3.04 bits per heavy atom. The third-order valence-corrected chi connectivity index (χ3v) is 6.12. The highest BCUT2D eigenvalue weighted by Gasteiger charge is 2.10. The average molecular weight is 387 g/mol. The van der Waals surface area contributed by atoms with Crippen LogP contribution in [0.25, 0.3) is 16.3 Å². The molecule has 1 aromatic carbocycles. The third-order valence-electron chi connectivity index (χ3n) is 3.52. The summed E-state index contributed by atoms with van der Waals surface area (Å²) in [6.45, 7) is 0. The van der Waals surface area contributed by atoms with Gasteiger partial charge in [-0.3, -0.25) is 4.57 Å². The Morgan fingerprint density at radius 1 is 1.24 bits per heavy atom. The van der Waals surface area contributed by atoms with E-state index in [2.05, 4.69) is 32.4 Å². The number of methoxy groups -OCH3 is 1. The van der Waals surface area contributed by atoms with Crippen LogP contribution in [0.1, 0.15) is 5.69 Å². The van der Waals surface area contributed by atoms with Gasteiger partial charge in [0.15, 0.2) is 5.16 Å². The number of thioether (sulfide) groups is 1. The summed E-state index contributed by atoms with van der Waals surface area (Å²) in [4.78, 5) is 4.71. The number of ether oxygens (including phenoxy) is 1. The molecule has 0 N–H and O–H groups in total. The van der Waals surface area contributed by atoms with Crippen molar-refractivity contribution in [1.82, 2.24) is 19.7 Å². The standard InChI is InChI=1S/C17H14N4OS3/c1-22-15-4-2-3-14(7-15)21-11-18-20-17(21)25-10-13-9-24-16(19-13)12-5-6-23-8-12/h2-9,11H,10H2,1H3. The first-order chi connectivity index (χ1) is 12.3. The summed E-state index contributed by atoms with van der Waals surface area (Å²) < 4.78 is 7.25. The zero-order chi connectivity index (χ0) is 17.1. The van der Waals surface area contributed by atoms with Gasteiger partial charge in [0.05, 0.1) is 18.5 Å². The topological polar surface area (TPSA) is 52.8 Å². The fraction of sp³-hybridized carbons (Fsp3) is 0.118. The van der Waals surface area contributed by atoms with E-state index in [1.54, 1.807) is 47.9 Å². The predicted octanol–water partition coefficient (Wildman–Crippen LogP) is 4.75. The number of hydrogen-bond acceptors (Lipinski definition) is 7. The maximum atomic E-state index is 5.29. The quantitative estimate of drug-likeness (QED) is 0.448.